The molecule has 17 heavy (non-hydrogen) atoms. The number of thioether (sulfide) groups is 1. The summed E-state index contributed by atoms with van der Waals surface area (Å²) < 4.78 is 0. The van der Waals surface area contributed by atoms with E-state index in [4.69, 9.17) is 0 Å². The molecule has 98 valence electrons. The predicted octanol–water partition coefficient (Wildman–Crippen LogP) is 1.21. The van der Waals surface area contributed by atoms with Gasteiger partial charge in [0.15, 0.2) is 0 Å². The fraction of sp³-hybridized carbons (Fsp3) is 0.833. The van der Waals surface area contributed by atoms with Crippen molar-refractivity contribution in [3.05, 3.63) is 0 Å². The number of carbonyl (C=O) groups is 2. The maximum absolute atomic E-state index is 12.2. The van der Waals surface area contributed by atoms with Crippen molar-refractivity contribution < 1.29 is 9.59 Å². The highest BCUT2D eigenvalue weighted by Gasteiger charge is 2.36. The van der Waals surface area contributed by atoms with Crippen LogP contribution < -0.4 is 0 Å². The number of carbonyl (C=O) groups excluding carboxylic acids is 2. The summed E-state index contributed by atoms with van der Waals surface area (Å²) in [4.78, 5) is 27.8. The van der Waals surface area contributed by atoms with Crippen LogP contribution in [0.15, 0.2) is 0 Å². The minimum atomic E-state index is -0.199. The monoisotopic (exact) mass is 258 g/mol. The van der Waals surface area contributed by atoms with E-state index in [0.29, 0.717) is 0 Å². The summed E-state index contributed by atoms with van der Waals surface area (Å²) in [6.45, 7) is 4.57. The summed E-state index contributed by atoms with van der Waals surface area (Å²) in [6, 6.07) is -0.357. The smallest absolute Gasteiger partial charge is 0.240 e. The lowest BCUT2D eigenvalue weighted by molar-refractivity contribution is -0.138. The van der Waals surface area contributed by atoms with E-state index in [1.54, 1.807) is 4.90 Å². The maximum atomic E-state index is 12.2. The van der Waals surface area contributed by atoms with Gasteiger partial charge in [-0.2, -0.15) is 0 Å². The fourth-order valence-corrected chi connectivity index (χ4v) is 2.70. The Morgan fingerprint density at radius 1 is 1.47 bits per heavy atom. The van der Waals surface area contributed by atoms with Crippen molar-refractivity contribution in [1.29, 1.82) is 0 Å². The first kappa shape index (κ1) is 14.5. The molecule has 2 atom stereocenters. The Balaban J connectivity index is 2.69. The van der Waals surface area contributed by atoms with Crippen LogP contribution in [0.4, 0.5) is 0 Å². The van der Waals surface area contributed by atoms with E-state index in [9.17, 15) is 9.59 Å². The number of hydrogen-bond donors (Lipinski definition) is 0. The van der Waals surface area contributed by atoms with E-state index in [-0.39, 0.29) is 23.1 Å². The van der Waals surface area contributed by atoms with Crippen molar-refractivity contribution in [1.82, 2.24) is 9.80 Å². The second-order valence-electron chi connectivity index (χ2n) is 4.58. The Kier molecular flexibility index (Phi) is 5.46. The molecule has 0 bridgehead atoms. The average molecular weight is 258 g/mol. The van der Waals surface area contributed by atoms with Crippen LogP contribution in [-0.2, 0) is 9.59 Å². The zero-order valence-corrected chi connectivity index (χ0v) is 11.9. The molecule has 1 heterocycles. The van der Waals surface area contributed by atoms with E-state index in [1.165, 1.54) is 11.8 Å². The molecule has 1 aliphatic rings. The molecule has 0 aromatic heterocycles. The van der Waals surface area contributed by atoms with E-state index < -0.39 is 0 Å². The SMILES string of the molecule is CCSC(=O)C1CCCN1C(=O)C(C)N(C)C. The molecule has 0 N–H and O–H groups in total. The fourth-order valence-electron chi connectivity index (χ4n) is 1.97. The van der Waals surface area contributed by atoms with Gasteiger partial charge >= 0.3 is 0 Å². The van der Waals surface area contributed by atoms with Crippen molar-refractivity contribution >= 4 is 22.8 Å². The highest BCUT2D eigenvalue weighted by molar-refractivity contribution is 8.13. The van der Waals surface area contributed by atoms with Gasteiger partial charge in [-0.25, -0.2) is 0 Å². The summed E-state index contributed by atoms with van der Waals surface area (Å²) in [6.07, 6.45) is 1.75. The topological polar surface area (TPSA) is 40.6 Å². The second-order valence-corrected chi connectivity index (χ2v) is 5.85. The van der Waals surface area contributed by atoms with Crippen LogP contribution in [0.3, 0.4) is 0 Å². The number of nitrogens with zero attached hydrogens (tertiary/aromatic N) is 2. The number of likely N-dealkylation sites (N-methyl/N-ethyl adjacent to an activating group) is 1. The third kappa shape index (κ3) is 3.45. The Bertz CT molecular complexity index is 294. The van der Waals surface area contributed by atoms with Gasteiger partial charge < -0.3 is 4.90 Å². The molecule has 1 amide bonds. The number of hydrogen-bond acceptors (Lipinski definition) is 4. The van der Waals surface area contributed by atoms with Crippen molar-refractivity contribution in [2.75, 3.05) is 26.4 Å². The second kappa shape index (κ2) is 6.40. The molecule has 1 aliphatic heterocycles. The molecule has 0 aromatic rings. The zero-order valence-electron chi connectivity index (χ0n) is 11.1. The first-order valence-electron chi connectivity index (χ1n) is 6.12. The van der Waals surface area contributed by atoms with E-state index in [0.717, 1.165) is 25.1 Å². The lowest BCUT2D eigenvalue weighted by Crippen LogP contribution is -2.48. The van der Waals surface area contributed by atoms with Crippen molar-refractivity contribution in [3.63, 3.8) is 0 Å². The third-order valence-corrected chi connectivity index (χ3v) is 4.07. The molecule has 1 fully saturated rings. The molecule has 0 aromatic carbocycles. The van der Waals surface area contributed by atoms with Crippen LogP contribution in [0, 0.1) is 0 Å². The first-order valence-corrected chi connectivity index (χ1v) is 7.11. The number of likely N-dealkylation sites (tertiary alicyclic amines) is 1. The van der Waals surface area contributed by atoms with Crippen LogP contribution >= 0.6 is 11.8 Å². The van der Waals surface area contributed by atoms with Crippen LogP contribution in [0.25, 0.3) is 0 Å². The minimum Gasteiger partial charge on any atom is -0.330 e. The zero-order chi connectivity index (χ0) is 13.0. The van der Waals surface area contributed by atoms with Crippen LogP contribution in [0.5, 0.6) is 0 Å². The Morgan fingerprint density at radius 2 is 2.12 bits per heavy atom. The van der Waals surface area contributed by atoms with Crippen LogP contribution in [0.1, 0.15) is 26.7 Å². The summed E-state index contributed by atoms with van der Waals surface area (Å²) in [5.74, 6) is 0.850. The molecule has 1 rings (SSSR count). The van der Waals surface area contributed by atoms with Gasteiger partial charge in [0.1, 0.15) is 6.04 Å². The molecule has 0 aliphatic carbocycles. The van der Waals surface area contributed by atoms with Crippen LogP contribution in [-0.4, -0.2) is 59.3 Å². The van der Waals surface area contributed by atoms with Crippen molar-refractivity contribution in [3.8, 4) is 0 Å². The van der Waals surface area contributed by atoms with Crippen LogP contribution in [0.2, 0.25) is 0 Å². The standard InChI is InChI=1S/C12H22N2O2S/c1-5-17-12(16)10-7-6-8-14(10)11(15)9(2)13(3)4/h9-10H,5-8H2,1-4H3. The highest BCUT2D eigenvalue weighted by Crippen LogP contribution is 2.23. The first-order chi connectivity index (χ1) is 7.99. The van der Waals surface area contributed by atoms with E-state index in [2.05, 4.69) is 0 Å². The highest BCUT2D eigenvalue weighted by atomic mass is 32.2. The molecule has 1 saturated heterocycles. The van der Waals surface area contributed by atoms with Gasteiger partial charge in [-0.3, -0.25) is 14.5 Å². The summed E-state index contributed by atoms with van der Waals surface area (Å²) >= 11 is 1.32. The van der Waals surface area contributed by atoms with Crippen molar-refractivity contribution in [2.24, 2.45) is 0 Å². The Morgan fingerprint density at radius 3 is 2.65 bits per heavy atom. The molecule has 0 radical (unpaired) electrons. The van der Waals surface area contributed by atoms with Gasteiger partial charge in [0.2, 0.25) is 11.0 Å². The quantitative estimate of drug-likeness (QED) is 0.760. The molecule has 0 saturated carbocycles. The minimum absolute atomic E-state index is 0.0718. The van der Waals surface area contributed by atoms with E-state index >= 15 is 0 Å². The van der Waals surface area contributed by atoms with Gasteiger partial charge in [-0.15, -0.1) is 0 Å². The molecule has 0 spiro atoms. The normalized spacial score (nSPS) is 21.9. The number of amides is 1. The summed E-state index contributed by atoms with van der Waals surface area (Å²) in [7, 11) is 3.77. The molecule has 4 nitrogen and oxygen atoms in total. The summed E-state index contributed by atoms with van der Waals surface area (Å²) in [5, 5.41) is 0.143. The Hall–Kier alpha value is -0.550. The predicted molar refractivity (Wildman–Crippen MR) is 71.0 cm³/mol. The van der Waals surface area contributed by atoms with Gasteiger partial charge in [-0.1, -0.05) is 18.7 Å². The largest absolute Gasteiger partial charge is 0.330 e. The molecule has 5 heteroatoms. The van der Waals surface area contributed by atoms with Gasteiger partial charge in [0.05, 0.1) is 6.04 Å². The summed E-state index contributed by atoms with van der Waals surface area (Å²) in [5.41, 5.74) is 0. The lowest BCUT2D eigenvalue weighted by atomic mass is 10.2. The third-order valence-electron chi connectivity index (χ3n) is 3.23. The Labute approximate surface area is 108 Å². The van der Waals surface area contributed by atoms with Gasteiger partial charge in [0.25, 0.3) is 0 Å². The molecule has 2 unspecified atom stereocenters. The average Bonchev–Trinajstić information content (AvgIpc) is 2.76. The maximum Gasteiger partial charge on any atom is 0.240 e. The van der Waals surface area contributed by atoms with Gasteiger partial charge in [-0.05, 0) is 39.6 Å². The van der Waals surface area contributed by atoms with Gasteiger partial charge in [0, 0.05) is 6.54 Å². The molecular formula is C12H22N2O2S. The molecular weight excluding hydrogens is 236 g/mol. The van der Waals surface area contributed by atoms with Crippen molar-refractivity contribution in [2.45, 2.75) is 38.8 Å². The lowest BCUT2D eigenvalue weighted by Gasteiger charge is -2.29. The number of rotatable bonds is 4. The van der Waals surface area contributed by atoms with E-state index in [1.807, 2.05) is 32.8 Å².